The van der Waals surface area contributed by atoms with Gasteiger partial charge in [-0.3, -0.25) is 4.79 Å². The summed E-state index contributed by atoms with van der Waals surface area (Å²) in [6.45, 7) is 2.69. The van der Waals surface area contributed by atoms with E-state index < -0.39 is 24.3 Å². The van der Waals surface area contributed by atoms with Gasteiger partial charge < -0.3 is 5.32 Å². The normalized spacial score (nSPS) is 11.1. The maximum absolute atomic E-state index is 11.8. The van der Waals surface area contributed by atoms with Crippen LogP contribution in [0.2, 0.25) is 0 Å². The third kappa shape index (κ3) is 2.95. The zero-order valence-electron chi connectivity index (χ0n) is 8.31. The van der Waals surface area contributed by atoms with E-state index in [-0.39, 0.29) is 0 Å². The standard InChI is InChI=1S/C9H14F2N2O/c1-3-9(4-2,6-12)8(14)13-5-7(10)11/h7H,3-5H2,1-2H3,(H,13,14). The molecule has 3 nitrogen and oxygen atoms in total. The molecule has 0 fully saturated rings. The van der Waals surface area contributed by atoms with Crippen molar-refractivity contribution in [2.24, 2.45) is 5.41 Å². The van der Waals surface area contributed by atoms with Crippen LogP contribution in [-0.4, -0.2) is 18.9 Å². The van der Waals surface area contributed by atoms with Crippen LogP contribution in [0, 0.1) is 16.7 Å². The third-order valence-electron chi connectivity index (χ3n) is 2.27. The second-order valence-corrected chi connectivity index (χ2v) is 3.00. The SMILES string of the molecule is CCC(C#N)(CC)C(=O)NCC(F)F. The summed E-state index contributed by atoms with van der Waals surface area (Å²) < 4.78 is 23.6. The summed E-state index contributed by atoms with van der Waals surface area (Å²) in [6, 6.07) is 1.88. The lowest BCUT2D eigenvalue weighted by molar-refractivity contribution is -0.129. The number of hydrogen-bond acceptors (Lipinski definition) is 2. The quantitative estimate of drug-likeness (QED) is 0.741. The van der Waals surface area contributed by atoms with Gasteiger partial charge in [0.05, 0.1) is 12.6 Å². The lowest BCUT2D eigenvalue weighted by Gasteiger charge is -2.21. The van der Waals surface area contributed by atoms with Gasteiger partial charge in [-0.2, -0.15) is 5.26 Å². The van der Waals surface area contributed by atoms with Crippen LogP contribution in [0.25, 0.3) is 0 Å². The van der Waals surface area contributed by atoms with Crippen molar-refractivity contribution in [2.45, 2.75) is 33.1 Å². The lowest BCUT2D eigenvalue weighted by atomic mass is 9.83. The fraction of sp³-hybridized carbons (Fsp3) is 0.778. The Balaban J connectivity index is 4.40. The van der Waals surface area contributed by atoms with Crippen molar-refractivity contribution in [3.8, 4) is 6.07 Å². The predicted octanol–water partition coefficient (Wildman–Crippen LogP) is 1.70. The molecule has 0 aromatic rings. The molecule has 0 heterocycles. The molecule has 0 bridgehead atoms. The summed E-state index contributed by atoms with van der Waals surface area (Å²) in [5, 5.41) is 10.9. The van der Waals surface area contributed by atoms with Gasteiger partial charge in [0, 0.05) is 0 Å². The summed E-state index contributed by atoms with van der Waals surface area (Å²) in [5.74, 6) is -0.606. The number of alkyl halides is 2. The number of carbonyl (C=O) groups is 1. The Morgan fingerprint density at radius 1 is 1.50 bits per heavy atom. The summed E-state index contributed by atoms with van der Waals surface area (Å²) in [5.41, 5.74) is -1.16. The van der Waals surface area contributed by atoms with Gasteiger partial charge in [-0.1, -0.05) is 13.8 Å². The van der Waals surface area contributed by atoms with Crippen molar-refractivity contribution in [1.29, 1.82) is 5.26 Å². The highest BCUT2D eigenvalue weighted by molar-refractivity contribution is 5.85. The highest BCUT2D eigenvalue weighted by Gasteiger charge is 2.34. The number of halogens is 2. The first-order valence-corrected chi connectivity index (χ1v) is 4.50. The smallest absolute Gasteiger partial charge is 0.255 e. The number of hydrogen-bond donors (Lipinski definition) is 1. The minimum Gasteiger partial charge on any atom is -0.349 e. The molecule has 0 aliphatic heterocycles. The number of amides is 1. The molecule has 0 radical (unpaired) electrons. The highest BCUT2D eigenvalue weighted by Crippen LogP contribution is 2.25. The van der Waals surface area contributed by atoms with Crippen LogP contribution in [0.1, 0.15) is 26.7 Å². The van der Waals surface area contributed by atoms with Crippen LogP contribution in [0.3, 0.4) is 0 Å². The molecular formula is C9H14F2N2O. The topological polar surface area (TPSA) is 52.9 Å². The first-order chi connectivity index (χ1) is 6.52. The van der Waals surface area contributed by atoms with E-state index in [1.54, 1.807) is 13.8 Å². The van der Waals surface area contributed by atoms with Gasteiger partial charge in [-0.15, -0.1) is 0 Å². The molecule has 5 heteroatoms. The second kappa shape index (κ2) is 5.53. The Bertz CT molecular complexity index is 231. The number of rotatable bonds is 5. The number of nitriles is 1. The van der Waals surface area contributed by atoms with E-state index in [1.807, 2.05) is 6.07 Å². The van der Waals surface area contributed by atoms with E-state index >= 15 is 0 Å². The maximum Gasteiger partial charge on any atom is 0.255 e. The van der Waals surface area contributed by atoms with Gasteiger partial charge in [-0.05, 0) is 12.8 Å². The van der Waals surface area contributed by atoms with Crippen molar-refractivity contribution in [3.05, 3.63) is 0 Å². The molecule has 0 aliphatic rings. The van der Waals surface area contributed by atoms with Crippen LogP contribution in [0.5, 0.6) is 0 Å². The molecule has 80 valence electrons. The van der Waals surface area contributed by atoms with Crippen LogP contribution >= 0.6 is 0 Å². The molecular weight excluding hydrogens is 190 g/mol. The summed E-state index contributed by atoms with van der Waals surface area (Å²) in [6.07, 6.45) is -1.92. The fourth-order valence-electron chi connectivity index (χ4n) is 1.12. The number of nitrogens with one attached hydrogen (secondary N) is 1. The largest absolute Gasteiger partial charge is 0.349 e. The molecule has 0 aliphatic carbocycles. The van der Waals surface area contributed by atoms with E-state index in [2.05, 4.69) is 5.32 Å². The Kier molecular flexibility index (Phi) is 5.06. The van der Waals surface area contributed by atoms with E-state index in [0.717, 1.165) is 0 Å². The van der Waals surface area contributed by atoms with E-state index in [0.29, 0.717) is 12.8 Å². The first-order valence-electron chi connectivity index (χ1n) is 4.50. The monoisotopic (exact) mass is 204 g/mol. The maximum atomic E-state index is 11.8. The van der Waals surface area contributed by atoms with E-state index in [4.69, 9.17) is 5.26 Å². The van der Waals surface area contributed by atoms with E-state index in [9.17, 15) is 13.6 Å². The van der Waals surface area contributed by atoms with Crippen molar-refractivity contribution in [3.63, 3.8) is 0 Å². The zero-order chi connectivity index (χ0) is 11.2. The van der Waals surface area contributed by atoms with Gasteiger partial charge in [-0.25, -0.2) is 8.78 Å². The summed E-state index contributed by atoms with van der Waals surface area (Å²) in [4.78, 5) is 11.4. The average Bonchev–Trinajstić information content (AvgIpc) is 2.18. The molecule has 0 saturated heterocycles. The molecule has 1 amide bonds. The minimum absolute atomic E-state index is 0.328. The average molecular weight is 204 g/mol. The molecule has 0 saturated carbocycles. The molecule has 0 unspecified atom stereocenters. The Morgan fingerprint density at radius 2 is 2.00 bits per heavy atom. The number of carbonyl (C=O) groups excluding carboxylic acids is 1. The van der Waals surface area contributed by atoms with Crippen molar-refractivity contribution in [1.82, 2.24) is 5.32 Å². The lowest BCUT2D eigenvalue weighted by Crippen LogP contribution is -2.41. The highest BCUT2D eigenvalue weighted by atomic mass is 19.3. The summed E-state index contributed by atoms with van der Waals surface area (Å²) in [7, 11) is 0. The van der Waals surface area contributed by atoms with Gasteiger partial charge in [0.2, 0.25) is 5.91 Å². The van der Waals surface area contributed by atoms with Crippen molar-refractivity contribution >= 4 is 5.91 Å². The molecule has 0 spiro atoms. The molecule has 14 heavy (non-hydrogen) atoms. The number of nitrogens with zero attached hydrogens (tertiary/aromatic N) is 1. The van der Waals surface area contributed by atoms with Crippen LogP contribution in [-0.2, 0) is 4.79 Å². The molecule has 1 N–H and O–H groups in total. The Labute approximate surface area is 82.1 Å². The van der Waals surface area contributed by atoms with Crippen LogP contribution in [0.15, 0.2) is 0 Å². The van der Waals surface area contributed by atoms with Gasteiger partial charge >= 0.3 is 0 Å². The first kappa shape index (κ1) is 12.8. The fourth-order valence-corrected chi connectivity index (χ4v) is 1.12. The Morgan fingerprint density at radius 3 is 2.29 bits per heavy atom. The molecule has 0 aromatic carbocycles. The Hall–Kier alpha value is -1.18. The van der Waals surface area contributed by atoms with Gasteiger partial charge in [0.15, 0.2) is 0 Å². The van der Waals surface area contributed by atoms with Crippen molar-refractivity contribution < 1.29 is 13.6 Å². The third-order valence-corrected chi connectivity index (χ3v) is 2.27. The zero-order valence-corrected chi connectivity index (χ0v) is 8.31. The second-order valence-electron chi connectivity index (χ2n) is 3.00. The van der Waals surface area contributed by atoms with Gasteiger partial charge in [0.25, 0.3) is 6.43 Å². The summed E-state index contributed by atoms with van der Waals surface area (Å²) >= 11 is 0. The van der Waals surface area contributed by atoms with Gasteiger partial charge in [0.1, 0.15) is 5.41 Å². The van der Waals surface area contributed by atoms with Crippen molar-refractivity contribution in [2.75, 3.05) is 6.54 Å². The predicted molar refractivity (Wildman–Crippen MR) is 47.6 cm³/mol. The van der Waals surface area contributed by atoms with Crippen LogP contribution in [0.4, 0.5) is 8.78 Å². The minimum atomic E-state index is -2.58. The van der Waals surface area contributed by atoms with E-state index in [1.165, 1.54) is 0 Å². The molecule has 0 rings (SSSR count). The molecule has 0 aromatic heterocycles. The van der Waals surface area contributed by atoms with Crippen LogP contribution < -0.4 is 5.32 Å². The molecule has 0 atom stereocenters.